The standard InChI is InChI=1S/C18H22N2O3S/c21-14(16-19-12-5-1-2-6-13(12)24-16)15(22)17(23)20-10-9-18(11-20)7-3-4-8-18/h1-2,5-6,14-15,21-22H,3-4,7-11H2/t14-,15-/m1/s1. The summed E-state index contributed by atoms with van der Waals surface area (Å²) in [7, 11) is 0. The van der Waals surface area contributed by atoms with Crippen LogP contribution in [0, 0.1) is 5.41 Å². The third kappa shape index (κ3) is 2.72. The summed E-state index contributed by atoms with van der Waals surface area (Å²) in [5.74, 6) is -0.370. The van der Waals surface area contributed by atoms with Crippen molar-refractivity contribution in [2.24, 2.45) is 5.41 Å². The van der Waals surface area contributed by atoms with Gasteiger partial charge in [-0.3, -0.25) is 4.79 Å². The maximum Gasteiger partial charge on any atom is 0.254 e. The number of thiazole rings is 1. The van der Waals surface area contributed by atoms with Gasteiger partial charge in [-0.05, 0) is 36.8 Å². The predicted octanol–water partition coefficient (Wildman–Crippen LogP) is 2.48. The van der Waals surface area contributed by atoms with Gasteiger partial charge in [-0.25, -0.2) is 4.98 Å². The summed E-state index contributed by atoms with van der Waals surface area (Å²) >= 11 is 1.32. The molecule has 2 aromatic rings. The average molecular weight is 346 g/mol. The summed E-state index contributed by atoms with van der Waals surface area (Å²) in [6.07, 6.45) is 3.12. The SMILES string of the molecule is O=C([C@H](O)[C@@H](O)c1nc2ccccc2s1)N1CCC2(CCCC2)C1. The Kier molecular flexibility index (Phi) is 4.06. The van der Waals surface area contributed by atoms with Crippen LogP contribution in [-0.4, -0.2) is 45.2 Å². The molecule has 4 rings (SSSR count). The van der Waals surface area contributed by atoms with E-state index < -0.39 is 12.2 Å². The van der Waals surface area contributed by atoms with E-state index in [1.165, 1.54) is 37.0 Å². The molecule has 5 nitrogen and oxygen atoms in total. The van der Waals surface area contributed by atoms with Gasteiger partial charge in [0.25, 0.3) is 5.91 Å². The van der Waals surface area contributed by atoms with Gasteiger partial charge in [0.05, 0.1) is 10.2 Å². The van der Waals surface area contributed by atoms with Crippen LogP contribution in [0.2, 0.25) is 0 Å². The first-order chi connectivity index (χ1) is 11.6. The summed E-state index contributed by atoms with van der Waals surface area (Å²) in [5, 5.41) is 21.2. The zero-order chi connectivity index (χ0) is 16.7. The smallest absolute Gasteiger partial charge is 0.254 e. The molecule has 2 N–H and O–H groups in total. The van der Waals surface area contributed by atoms with Crippen LogP contribution in [-0.2, 0) is 4.79 Å². The molecule has 128 valence electrons. The fourth-order valence-electron chi connectivity index (χ4n) is 4.13. The predicted molar refractivity (Wildman–Crippen MR) is 92.7 cm³/mol. The minimum Gasteiger partial charge on any atom is -0.383 e. The van der Waals surface area contributed by atoms with Gasteiger partial charge >= 0.3 is 0 Å². The van der Waals surface area contributed by atoms with Crippen LogP contribution in [0.15, 0.2) is 24.3 Å². The van der Waals surface area contributed by atoms with Crippen LogP contribution >= 0.6 is 11.3 Å². The Labute approximate surface area is 144 Å². The molecule has 2 aliphatic rings. The van der Waals surface area contributed by atoms with Crippen molar-refractivity contribution in [3.63, 3.8) is 0 Å². The highest BCUT2D eigenvalue weighted by atomic mass is 32.1. The van der Waals surface area contributed by atoms with Crippen LogP contribution in [0.4, 0.5) is 0 Å². The number of nitrogens with zero attached hydrogens (tertiary/aromatic N) is 2. The second-order valence-corrected chi connectivity index (χ2v) is 8.19. The van der Waals surface area contributed by atoms with Gasteiger partial charge in [0, 0.05) is 13.1 Å². The van der Waals surface area contributed by atoms with Crippen molar-refractivity contribution < 1.29 is 15.0 Å². The third-order valence-corrected chi connectivity index (χ3v) is 6.64. The number of para-hydroxylation sites is 1. The molecule has 2 heterocycles. The van der Waals surface area contributed by atoms with Gasteiger partial charge in [-0.1, -0.05) is 25.0 Å². The molecule has 1 aliphatic heterocycles. The third-order valence-electron chi connectivity index (χ3n) is 5.53. The summed E-state index contributed by atoms with van der Waals surface area (Å²) in [4.78, 5) is 18.7. The second kappa shape index (κ2) is 6.10. The molecule has 1 amide bonds. The van der Waals surface area contributed by atoms with Crippen molar-refractivity contribution in [2.75, 3.05) is 13.1 Å². The van der Waals surface area contributed by atoms with Gasteiger partial charge < -0.3 is 15.1 Å². The fraction of sp³-hybridized carbons (Fsp3) is 0.556. The number of hydrogen-bond donors (Lipinski definition) is 2. The van der Waals surface area contributed by atoms with E-state index in [4.69, 9.17) is 0 Å². The van der Waals surface area contributed by atoms with E-state index >= 15 is 0 Å². The number of aliphatic hydroxyl groups excluding tert-OH is 2. The summed E-state index contributed by atoms with van der Waals surface area (Å²) in [5.41, 5.74) is 1.04. The molecule has 2 fully saturated rings. The highest BCUT2D eigenvalue weighted by molar-refractivity contribution is 7.18. The first-order valence-electron chi connectivity index (χ1n) is 8.58. The largest absolute Gasteiger partial charge is 0.383 e. The van der Waals surface area contributed by atoms with Gasteiger partial charge in [0.1, 0.15) is 11.1 Å². The lowest BCUT2D eigenvalue weighted by Crippen LogP contribution is -2.41. The average Bonchev–Trinajstić information content (AvgIpc) is 3.33. The van der Waals surface area contributed by atoms with E-state index in [9.17, 15) is 15.0 Å². The van der Waals surface area contributed by atoms with E-state index in [1.807, 2.05) is 24.3 Å². The van der Waals surface area contributed by atoms with Gasteiger partial charge in [-0.2, -0.15) is 0 Å². The molecule has 2 atom stereocenters. The van der Waals surface area contributed by atoms with Crippen molar-refractivity contribution in [2.45, 2.75) is 44.3 Å². The Morgan fingerprint density at radius 2 is 1.96 bits per heavy atom. The van der Waals surface area contributed by atoms with E-state index in [1.54, 1.807) is 4.90 Å². The molecule has 1 aliphatic carbocycles. The Bertz CT molecular complexity index is 721. The number of likely N-dealkylation sites (tertiary alicyclic amines) is 1. The zero-order valence-corrected chi connectivity index (χ0v) is 14.3. The number of amides is 1. The fourth-order valence-corrected chi connectivity index (χ4v) is 5.11. The van der Waals surface area contributed by atoms with Crippen molar-refractivity contribution in [1.29, 1.82) is 0 Å². The van der Waals surface area contributed by atoms with Gasteiger partial charge in [0.15, 0.2) is 6.10 Å². The lowest BCUT2D eigenvalue weighted by Gasteiger charge is -2.26. The molecule has 24 heavy (non-hydrogen) atoms. The molecule has 0 bridgehead atoms. The lowest BCUT2D eigenvalue weighted by molar-refractivity contribution is -0.145. The molecule has 0 radical (unpaired) electrons. The molecule has 1 saturated heterocycles. The molecular weight excluding hydrogens is 324 g/mol. The van der Waals surface area contributed by atoms with Crippen LogP contribution in [0.1, 0.15) is 43.2 Å². The quantitative estimate of drug-likeness (QED) is 0.895. The highest BCUT2D eigenvalue weighted by Crippen LogP contribution is 2.45. The normalized spacial score (nSPS) is 22.3. The number of hydrogen-bond acceptors (Lipinski definition) is 5. The number of aromatic nitrogens is 1. The van der Waals surface area contributed by atoms with E-state index in [2.05, 4.69) is 4.98 Å². The van der Waals surface area contributed by atoms with Crippen molar-refractivity contribution in [1.82, 2.24) is 9.88 Å². The minimum absolute atomic E-state index is 0.260. The van der Waals surface area contributed by atoms with Crippen LogP contribution in [0.25, 0.3) is 10.2 Å². The van der Waals surface area contributed by atoms with E-state index in [-0.39, 0.29) is 11.3 Å². The summed E-state index contributed by atoms with van der Waals surface area (Å²) in [6, 6.07) is 7.57. The Hall–Kier alpha value is -1.50. The lowest BCUT2D eigenvalue weighted by atomic mass is 9.86. The van der Waals surface area contributed by atoms with Gasteiger partial charge in [-0.15, -0.1) is 11.3 Å². The number of rotatable bonds is 3. The van der Waals surface area contributed by atoms with E-state index in [0.29, 0.717) is 11.6 Å². The first kappa shape index (κ1) is 16.0. The Balaban J connectivity index is 1.48. The molecule has 6 heteroatoms. The molecule has 1 aromatic carbocycles. The summed E-state index contributed by atoms with van der Waals surface area (Å²) in [6.45, 7) is 1.40. The minimum atomic E-state index is -1.44. The molecule has 1 saturated carbocycles. The maximum atomic E-state index is 12.6. The number of carbonyl (C=O) groups excluding carboxylic acids is 1. The molecule has 1 spiro atoms. The molecule has 1 aromatic heterocycles. The van der Waals surface area contributed by atoms with Crippen LogP contribution in [0.5, 0.6) is 0 Å². The van der Waals surface area contributed by atoms with Crippen LogP contribution < -0.4 is 0 Å². The van der Waals surface area contributed by atoms with Crippen molar-refractivity contribution in [3.8, 4) is 0 Å². The number of fused-ring (bicyclic) bond motifs is 1. The number of carbonyl (C=O) groups is 1. The Morgan fingerprint density at radius 3 is 2.71 bits per heavy atom. The first-order valence-corrected chi connectivity index (χ1v) is 9.40. The summed E-state index contributed by atoms with van der Waals surface area (Å²) < 4.78 is 0.942. The zero-order valence-electron chi connectivity index (χ0n) is 13.5. The highest BCUT2D eigenvalue weighted by Gasteiger charge is 2.43. The van der Waals surface area contributed by atoms with E-state index in [0.717, 1.165) is 23.2 Å². The second-order valence-electron chi connectivity index (χ2n) is 7.13. The maximum absolute atomic E-state index is 12.6. The molecular formula is C18H22N2O3S. The van der Waals surface area contributed by atoms with Crippen molar-refractivity contribution >= 4 is 27.5 Å². The number of aliphatic hydroxyl groups is 2. The van der Waals surface area contributed by atoms with Crippen LogP contribution in [0.3, 0.4) is 0 Å². The molecule has 0 unspecified atom stereocenters. The Morgan fingerprint density at radius 1 is 1.21 bits per heavy atom. The topological polar surface area (TPSA) is 73.7 Å². The monoisotopic (exact) mass is 346 g/mol. The number of benzene rings is 1. The van der Waals surface area contributed by atoms with Crippen molar-refractivity contribution in [3.05, 3.63) is 29.3 Å². The van der Waals surface area contributed by atoms with Gasteiger partial charge in [0.2, 0.25) is 0 Å².